The van der Waals surface area contributed by atoms with Crippen molar-refractivity contribution >= 4 is 17.4 Å². The van der Waals surface area contributed by atoms with Crippen LogP contribution in [-0.2, 0) is 0 Å². The van der Waals surface area contributed by atoms with Crippen LogP contribution in [0.3, 0.4) is 0 Å². The van der Waals surface area contributed by atoms with E-state index in [1.165, 1.54) is 20.0 Å². The molecule has 0 atom stereocenters. The number of rotatable bonds is 8. The number of aryl methyl sites for hydroxylation is 1. The van der Waals surface area contributed by atoms with Crippen molar-refractivity contribution in [2.45, 2.75) is 26.6 Å². The Balaban J connectivity index is 2.15. The second-order valence-electron chi connectivity index (χ2n) is 7.49. The fourth-order valence-corrected chi connectivity index (χ4v) is 3.09. The van der Waals surface area contributed by atoms with Gasteiger partial charge in [-0.15, -0.1) is 13.2 Å². The summed E-state index contributed by atoms with van der Waals surface area (Å²) in [5.74, 6) is -10.5. The summed E-state index contributed by atoms with van der Waals surface area (Å²) in [4.78, 5) is 28.6. The van der Waals surface area contributed by atoms with Crippen LogP contribution in [0.4, 0.5) is 36.4 Å². The zero-order valence-electron chi connectivity index (χ0n) is 22.2. The Labute approximate surface area is 214 Å². The molecule has 0 radical (unpaired) electrons. The largest absolute Gasteiger partial charge is 0.573 e. The van der Waals surface area contributed by atoms with Gasteiger partial charge in [0, 0.05) is 18.8 Å². The highest BCUT2D eigenvalue weighted by molar-refractivity contribution is 6.07. The van der Waals surface area contributed by atoms with Crippen molar-refractivity contribution in [3.63, 3.8) is 0 Å². The summed E-state index contributed by atoms with van der Waals surface area (Å²) in [5.41, 5.74) is -2.34. The number of Topliss-reactive ketones (excluding diaryl/α,β-unsaturated/α-hetero) is 1. The highest BCUT2D eigenvalue weighted by Gasteiger charge is 2.34. The molecule has 0 spiro atoms. The number of pyridine rings is 1. The fraction of sp³-hybridized carbons (Fsp3) is 0.208. The molecule has 3 rings (SSSR count). The lowest BCUT2D eigenvalue weighted by Gasteiger charge is -2.18. The van der Waals surface area contributed by atoms with Crippen molar-refractivity contribution in [2.75, 3.05) is 12.4 Å². The number of anilines is 1. The first-order chi connectivity index (χ1) is 18.9. The van der Waals surface area contributed by atoms with E-state index < -0.39 is 77.3 Å². The Kier molecular flexibility index (Phi) is 6.91. The van der Waals surface area contributed by atoms with E-state index >= 15 is 4.39 Å². The summed E-state index contributed by atoms with van der Waals surface area (Å²) in [6, 6.07) is 3.23. The van der Waals surface area contributed by atoms with Gasteiger partial charge in [0.05, 0.1) is 16.7 Å². The summed E-state index contributed by atoms with van der Waals surface area (Å²) < 4.78 is 130. The molecule has 14 heteroatoms. The van der Waals surface area contributed by atoms with E-state index in [0.717, 1.165) is 6.07 Å². The monoisotopic (exact) mass is 549 g/mol. The minimum absolute atomic E-state index is 0.0749. The van der Waals surface area contributed by atoms with Gasteiger partial charge >= 0.3 is 6.36 Å². The summed E-state index contributed by atoms with van der Waals surface area (Å²) in [7, 11) is -3.45. The van der Waals surface area contributed by atoms with E-state index in [1.807, 2.05) is 0 Å². The second kappa shape index (κ2) is 10.9. The van der Waals surface area contributed by atoms with Gasteiger partial charge in [0.25, 0.3) is 12.3 Å². The van der Waals surface area contributed by atoms with Gasteiger partial charge in [0.15, 0.2) is 17.3 Å². The lowest BCUT2D eigenvalue weighted by Crippen LogP contribution is -2.18. The minimum Gasteiger partial charge on any atom is -0.490 e. The number of ketones is 1. The van der Waals surface area contributed by atoms with E-state index in [9.17, 15) is 35.9 Å². The fourth-order valence-electron chi connectivity index (χ4n) is 3.09. The standard InChI is InChI=1S/C24H17F7N2O5/c1-10-9-32-14(11(2)34)8-13(10)33-23(35)18-15(5-4-12(19(18)25)22(27)28)37-17-7-6-16(38-24(29,30)31)20(26)21(17)36-3/h4-9,22H,1-3H3,(H,32,33,35)/i3D3. The number of carbonyl (C=O) groups is 2. The molecule has 1 N–H and O–H groups in total. The quantitative estimate of drug-likeness (QED) is 0.247. The van der Waals surface area contributed by atoms with Crippen LogP contribution >= 0.6 is 0 Å². The molecule has 1 heterocycles. The Morgan fingerprint density at radius 1 is 1.05 bits per heavy atom. The van der Waals surface area contributed by atoms with E-state index in [1.54, 1.807) is 0 Å². The molecule has 7 nitrogen and oxygen atoms in total. The third-order valence-electron chi connectivity index (χ3n) is 4.88. The van der Waals surface area contributed by atoms with Gasteiger partial charge in [-0.25, -0.2) is 13.2 Å². The SMILES string of the molecule is [2H]C([2H])([2H])Oc1c(Oc2ccc(C(F)F)c(F)c2C(=O)Nc2cc(C(C)=O)ncc2C)ccc(OC(F)(F)F)c1F. The lowest BCUT2D eigenvalue weighted by molar-refractivity contribution is -0.275. The van der Waals surface area contributed by atoms with Crippen molar-refractivity contribution in [3.05, 3.63) is 70.5 Å². The number of nitrogens with one attached hydrogen (secondary N) is 1. The third kappa shape index (κ3) is 6.12. The summed E-state index contributed by atoms with van der Waals surface area (Å²) >= 11 is 0. The van der Waals surface area contributed by atoms with E-state index in [4.69, 9.17) is 8.85 Å². The van der Waals surface area contributed by atoms with Crippen LogP contribution in [0.15, 0.2) is 36.5 Å². The second-order valence-corrected chi connectivity index (χ2v) is 7.49. The van der Waals surface area contributed by atoms with E-state index in [2.05, 4.69) is 19.8 Å². The lowest BCUT2D eigenvalue weighted by atomic mass is 10.1. The average molecular weight is 549 g/mol. The molecule has 0 saturated heterocycles. The van der Waals surface area contributed by atoms with E-state index in [0.29, 0.717) is 24.3 Å². The maximum Gasteiger partial charge on any atom is 0.573 e. The van der Waals surface area contributed by atoms with Gasteiger partial charge in [-0.2, -0.15) is 4.39 Å². The maximum absolute atomic E-state index is 15.2. The number of hydrogen-bond acceptors (Lipinski definition) is 6. The number of halogens is 7. The maximum atomic E-state index is 15.2. The highest BCUT2D eigenvalue weighted by Crippen LogP contribution is 2.42. The molecule has 0 aliphatic rings. The van der Waals surface area contributed by atoms with Crippen LogP contribution in [-0.4, -0.2) is 30.1 Å². The van der Waals surface area contributed by atoms with Gasteiger partial charge in [-0.1, -0.05) is 0 Å². The summed E-state index contributed by atoms with van der Waals surface area (Å²) in [6.45, 7) is 2.62. The Morgan fingerprint density at radius 3 is 2.32 bits per heavy atom. The average Bonchev–Trinajstić information content (AvgIpc) is 2.82. The number of amides is 1. The molecular weight excluding hydrogens is 529 g/mol. The number of methoxy groups -OCH3 is 1. The number of ether oxygens (including phenoxy) is 3. The molecule has 1 amide bonds. The number of carbonyl (C=O) groups excluding carboxylic acids is 2. The first-order valence-corrected chi connectivity index (χ1v) is 10.2. The summed E-state index contributed by atoms with van der Waals surface area (Å²) in [6.07, 6.45) is -7.62. The zero-order chi connectivity index (χ0) is 30.9. The number of nitrogens with zero attached hydrogens (tertiary/aromatic N) is 1. The number of aromatic nitrogens is 1. The van der Waals surface area contributed by atoms with Crippen LogP contribution in [0.25, 0.3) is 0 Å². The van der Waals surface area contributed by atoms with Crippen LogP contribution in [0, 0.1) is 18.6 Å². The molecule has 0 fully saturated rings. The first-order valence-electron chi connectivity index (χ1n) is 11.7. The number of alkyl halides is 5. The highest BCUT2D eigenvalue weighted by atomic mass is 19.4. The molecule has 202 valence electrons. The minimum atomic E-state index is -5.40. The number of hydrogen-bond donors (Lipinski definition) is 1. The van der Waals surface area contributed by atoms with Crippen molar-refractivity contribution in [1.82, 2.24) is 4.98 Å². The van der Waals surface area contributed by atoms with Crippen LogP contribution in [0.5, 0.6) is 23.0 Å². The molecule has 0 aliphatic heterocycles. The van der Waals surface area contributed by atoms with Crippen molar-refractivity contribution < 1.29 is 58.6 Å². The zero-order valence-corrected chi connectivity index (χ0v) is 19.2. The smallest absolute Gasteiger partial charge is 0.490 e. The normalized spacial score (nSPS) is 12.8. The van der Waals surface area contributed by atoms with Gasteiger partial charge in [0.2, 0.25) is 11.6 Å². The molecule has 3 aromatic rings. The number of benzene rings is 2. The van der Waals surface area contributed by atoms with Crippen molar-refractivity contribution in [2.24, 2.45) is 0 Å². The molecule has 2 aromatic carbocycles. The summed E-state index contributed by atoms with van der Waals surface area (Å²) in [5, 5.41) is 2.22. The Hall–Kier alpha value is -4.36. The van der Waals surface area contributed by atoms with E-state index in [-0.39, 0.29) is 16.9 Å². The van der Waals surface area contributed by atoms with Crippen LogP contribution < -0.4 is 19.5 Å². The Morgan fingerprint density at radius 2 is 1.71 bits per heavy atom. The first kappa shape index (κ1) is 24.0. The predicted octanol–water partition coefficient (Wildman–Crippen LogP) is 6.76. The van der Waals surface area contributed by atoms with Gasteiger partial charge in [-0.3, -0.25) is 14.6 Å². The van der Waals surface area contributed by atoms with Crippen LogP contribution in [0.2, 0.25) is 0 Å². The van der Waals surface area contributed by atoms with Crippen molar-refractivity contribution in [3.8, 4) is 23.0 Å². The molecule has 1 aromatic heterocycles. The molecular formula is C24H17F7N2O5. The Bertz CT molecular complexity index is 1500. The molecule has 0 aliphatic carbocycles. The third-order valence-corrected chi connectivity index (χ3v) is 4.88. The van der Waals surface area contributed by atoms with Gasteiger partial charge in [-0.05, 0) is 42.8 Å². The van der Waals surface area contributed by atoms with Gasteiger partial charge < -0.3 is 19.5 Å². The molecule has 0 bridgehead atoms. The predicted molar refractivity (Wildman–Crippen MR) is 118 cm³/mol. The molecule has 0 unspecified atom stereocenters. The van der Waals surface area contributed by atoms with Gasteiger partial charge in [0.1, 0.15) is 22.8 Å². The molecule has 38 heavy (non-hydrogen) atoms. The van der Waals surface area contributed by atoms with Crippen LogP contribution in [0.1, 0.15) is 49.4 Å². The topological polar surface area (TPSA) is 86.8 Å². The molecule has 0 saturated carbocycles. The van der Waals surface area contributed by atoms with Crippen molar-refractivity contribution in [1.29, 1.82) is 0 Å².